The highest BCUT2D eigenvalue weighted by atomic mass is 35.5. The van der Waals surface area contributed by atoms with E-state index in [-0.39, 0.29) is 25.6 Å². The Hall–Kier alpha value is -2.40. The van der Waals surface area contributed by atoms with Gasteiger partial charge in [-0.3, -0.25) is 4.79 Å². The van der Waals surface area contributed by atoms with Gasteiger partial charge in [0.25, 0.3) is 0 Å². The minimum Gasteiger partial charge on any atom is -0.497 e. The van der Waals surface area contributed by atoms with E-state index in [1.54, 1.807) is 56.7 Å². The molecule has 0 atom stereocenters. The van der Waals surface area contributed by atoms with Crippen LogP contribution < -0.4 is 14.2 Å². The molecule has 0 unspecified atom stereocenters. The van der Waals surface area contributed by atoms with Crippen LogP contribution in [0.2, 0.25) is 5.02 Å². The Labute approximate surface area is 146 Å². The zero-order valence-corrected chi connectivity index (χ0v) is 14.3. The molecule has 2 aromatic rings. The van der Waals surface area contributed by atoms with Gasteiger partial charge in [-0.25, -0.2) is 0 Å². The van der Waals surface area contributed by atoms with Crippen molar-refractivity contribution in [1.29, 1.82) is 0 Å². The fourth-order valence-corrected chi connectivity index (χ4v) is 2.21. The highest BCUT2D eigenvalue weighted by Gasteiger charge is 2.08. The van der Waals surface area contributed by atoms with Crippen LogP contribution >= 0.6 is 11.6 Å². The van der Waals surface area contributed by atoms with E-state index in [4.69, 9.17) is 30.5 Å². The van der Waals surface area contributed by atoms with Gasteiger partial charge in [-0.05, 0) is 42.5 Å². The first-order valence-corrected chi connectivity index (χ1v) is 7.75. The van der Waals surface area contributed by atoms with Crippen LogP contribution in [0.3, 0.4) is 0 Å². The Balaban J connectivity index is 1.76. The van der Waals surface area contributed by atoms with Crippen molar-refractivity contribution in [2.45, 2.75) is 13.0 Å². The maximum absolute atomic E-state index is 11.8. The number of hydrogen-bond donors (Lipinski definition) is 0. The number of halogens is 1. The van der Waals surface area contributed by atoms with Crippen LogP contribution in [0.25, 0.3) is 0 Å². The molecule has 128 valence electrons. The van der Waals surface area contributed by atoms with Crippen LogP contribution in [0.1, 0.15) is 12.0 Å². The quantitative estimate of drug-likeness (QED) is 0.676. The average molecular weight is 351 g/mol. The summed E-state index contributed by atoms with van der Waals surface area (Å²) in [6.45, 7) is 0.336. The van der Waals surface area contributed by atoms with Gasteiger partial charge in [-0.15, -0.1) is 0 Å². The predicted molar refractivity (Wildman–Crippen MR) is 90.9 cm³/mol. The Kier molecular flexibility index (Phi) is 6.75. The van der Waals surface area contributed by atoms with Crippen molar-refractivity contribution in [3.8, 4) is 17.2 Å². The number of rotatable bonds is 8. The first kappa shape index (κ1) is 17.9. The Bertz CT molecular complexity index is 670. The topological polar surface area (TPSA) is 54.0 Å². The third kappa shape index (κ3) is 5.35. The first-order chi connectivity index (χ1) is 11.6. The average Bonchev–Trinajstić information content (AvgIpc) is 2.60. The Morgan fingerprint density at radius 2 is 1.71 bits per heavy atom. The molecule has 0 N–H and O–H groups in total. The number of benzene rings is 2. The molecule has 0 saturated heterocycles. The first-order valence-electron chi connectivity index (χ1n) is 7.37. The highest BCUT2D eigenvalue weighted by molar-refractivity contribution is 6.30. The second-order valence-electron chi connectivity index (χ2n) is 4.89. The van der Waals surface area contributed by atoms with Crippen LogP contribution in [-0.2, 0) is 16.1 Å². The molecule has 0 saturated carbocycles. The number of carbonyl (C=O) groups is 1. The molecule has 24 heavy (non-hydrogen) atoms. The number of ether oxygens (including phenoxy) is 4. The fourth-order valence-electron chi connectivity index (χ4n) is 2.01. The van der Waals surface area contributed by atoms with Crippen LogP contribution in [-0.4, -0.2) is 26.8 Å². The largest absolute Gasteiger partial charge is 0.497 e. The molecule has 2 aromatic carbocycles. The van der Waals surface area contributed by atoms with Gasteiger partial charge in [-0.2, -0.15) is 0 Å². The summed E-state index contributed by atoms with van der Waals surface area (Å²) in [6, 6.07) is 12.3. The van der Waals surface area contributed by atoms with Crippen LogP contribution in [0, 0.1) is 0 Å². The molecule has 0 aromatic heterocycles. The van der Waals surface area contributed by atoms with Gasteiger partial charge in [-0.1, -0.05) is 11.6 Å². The van der Waals surface area contributed by atoms with E-state index in [2.05, 4.69) is 0 Å². The minimum atomic E-state index is -0.356. The molecular weight excluding hydrogens is 332 g/mol. The molecule has 0 aliphatic rings. The third-order valence-corrected chi connectivity index (χ3v) is 3.50. The van der Waals surface area contributed by atoms with Gasteiger partial charge in [0.15, 0.2) is 0 Å². The third-order valence-electron chi connectivity index (χ3n) is 3.27. The lowest BCUT2D eigenvalue weighted by atomic mass is 10.2. The number of esters is 1. The van der Waals surface area contributed by atoms with Crippen molar-refractivity contribution in [2.24, 2.45) is 0 Å². The molecular formula is C18H19ClO5. The lowest BCUT2D eigenvalue weighted by Crippen LogP contribution is -2.10. The van der Waals surface area contributed by atoms with Crippen LogP contribution in [0.15, 0.2) is 42.5 Å². The maximum atomic E-state index is 11.8. The molecule has 5 nitrogen and oxygen atoms in total. The van der Waals surface area contributed by atoms with Crippen molar-refractivity contribution < 1.29 is 23.7 Å². The van der Waals surface area contributed by atoms with Crippen molar-refractivity contribution >= 4 is 17.6 Å². The summed E-state index contributed by atoms with van der Waals surface area (Å²) in [7, 11) is 3.15. The lowest BCUT2D eigenvalue weighted by molar-refractivity contribution is -0.145. The minimum absolute atomic E-state index is 0.102. The van der Waals surface area contributed by atoms with Crippen LogP contribution in [0.5, 0.6) is 17.2 Å². The molecule has 0 spiro atoms. The van der Waals surface area contributed by atoms with Gasteiger partial charge >= 0.3 is 5.97 Å². The van der Waals surface area contributed by atoms with Crippen molar-refractivity contribution in [1.82, 2.24) is 0 Å². The molecule has 0 bridgehead atoms. The van der Waals surface area contributed by atoms with Crippen molar-refractivity contribution in [3.63, 3.8) is 0 Å². The zero-order valence-electron chi connectivity index (χ0n) is 13.6. The Morgan fingerprint density at radius 3 is 2.38 bits per heavy atom. The van der Waals surface area contributed by atoms with E-state index >= 15 is 0 Å². The summed E-state index contributed by atoms with van der Waals surface area (Å²) < 4.78 is 21.0. The SMILES string of the molecule is COc1ccc(OCCC(=O)OCc2cc(Cl)ccc2OC)cc1. The van der Waals surface area contributed by atoms with Gasteiger partial charge in [0, 0.05) is 10.6 Å². The molecule has 0 aliphatic heterocycles. The summed E-state index contributed by atoms with van der Waals surface area (Å²) in [5.41, 5.74) is 0.717. The normalized spacial score (nSPS) is 10.1. The van der Waals surface area contributed by atoms with Gasteiger partial charge in [0.1, 0.15) is 23.9 Å². The standard InChI is InChI=1S/C18H19ClO5/c1-21-15-4-6-16(7-5-15)23-10-9-18(20)24-12-13-11-14(19)3-8-17(13)22-2/h3-8,11H,9-10,12H2,1-2H3. The summed E-state index contributed by atoms with van der Waals surface area (Å²) >= 11 is 5.94. The van der Waals surface area contributed by atoms with E-state index in [1.807, 2.05) is 0 Å². The molecule has 0 fully saturated rings. The molecule has 6 heteroatoms. The van der Waals surface area contributed by atoms with E-state index in [0.29, 0.717) is 16.5 Å². The number of carbonyl (C=O) groups excluding carboxylic acids is 1. The summed E-state index contributed by atoms with van der Waals surface area (Å²) in [5, 5.41) is 0.560. The predicted octanol–water partition coefficient (Wildman–Crippen LogP) is 3.87. The van der Waals surface area contributed by atoms with Gasteiger partial charge in [0.05, 0.1) is 27.2 Å². The number of methoxy groups -OCH3 is 2. The smallest absolute Gasteiger partial charge is 0.309 e. The second-order valence-corrected chi connectivity index (χ2v) is 5.33. The van der Waals surface area contributed by atoms with Gasteiger partial charge in [0.2, 0.25) is 0 Å². The molecule has 0 heterocycles. The van der Waals surface area contributed by atoms with Gasteiger partial charge < -0.3 is 18.9 Å². The van der Waals surface area contributed by atoms with E-state index in [1.165, 1.54) is 0 Å². The summed E-state index contributed by atoms with van der Waals surface area (Å²) in [6.07, 6.45) is 0.148. The molecule has 0 aliphatic carbocycles. The van der Waals surface area contributed by atoms with Crippen molar-refractivity contribution in [2.75, 3.05) is 20.8 Å². The van der Waals surface area contributed by atoms with E-state index in [0.717, 1.165) is 11.3 Å². The maximum Gasteiger partial charge on any atom is 0.309 e. The summed E-state index contributed by atoms with van der Waals surface area (Å²) in [5.74, 6) is 1.68. The second kappa shape index (κ2) is 9.03. The zero-order chi connectivity index (χ0) is 17.4. The van der Waals surface area contributed by atoms with Crippen LogP contribution in [0.4, 0.5) is 0 Å². The van der Waals surface area contributed by atoms with E-state index in [9.17, 15) is 4.79 Å². The fraction of sp³-hybridized carbons (Fsp3) is 0.278. The van der Waals surface area contributed by atoms with E-state index < -0.39 is 0 Å². The molecule has 2 rings (SSSR count). The lowest BCUT2D eigenvalue weighted by Gasteiger charge is -2.10. The molecule has 0 radical (unpaired) electrons. The number of hydrogen-bond acceptors (Lipinski definition) is 5. The monoisotopic (exact) mass is 350 g/mol. The highest BCUT2D eigenvalue weighted by Crippen LogP contribution is 2.23. The Morgan fingerprint density at radius 1 is 1.00 bits per heavy atom. The van der Waals surface area contributed by atoms with Crippen molar-refractivity contribution in [3.05, 3.63) is 53.1 Å². The molecule has 0 amide bonds. The summed E-state index contributed by atoms with van der Waals surface area (Å²) in [4.78, 5) is 11.8.